The Morgan fingerprint density at radius 3 is 2.27 bits per heavy atom. The number of aromatic nitrogens is 4. The molecule has 0 bridgehead atoms. The summed E-state index contributed by atoms with van der Waals surface area (Å²) in [6.45, 7) is 0. The molecule has 0 aliphatic rings. The Morgan fingerprint density at radius 1 is 1.09 bits per heavy atom. The number of fused-ring (bicyclic) bond motifs is 1. The van der Waals surface area contributed by atoms with Gasteiger partial charge in [0.25, 0.3) is 5.95 Å². The van der Waals surface area contributed by atoms with Crippen LogP contribution in [0.5, 0.6) is 5.88 Å². The summed E-state index contributed by atoms with van der Waals surface area (Å²) in [5.74, 6) is 10.5. The van der Waals surface area contributed by atoms with E-state index in [1.165, 1.54) is 13.3 Å². The summed E-state index contributed by atoms with van der Waals surface area (Å²) in [5, 5.41) is 0.945. The van der Waals surface area contributed by atoms with Crippen LogP contribution < -0.4 is 37.9 Å². The molecule has 0 aliphatic carbocycles. The molecule has 2 rings (SSSR count). The highest BCUT2D eigenvalue weighted by Crippen LogP contribution is 2.23. The largest absolute Gasteiger partial charge is 0.480 e. The Balaban J connectivity index is 2.74. The number of hydrogen-bond donors (Lipinski definition) is 4. The summed E-state index contributed by atoms with van der Waals surface area (Å²) >= 11 is 0. The Morgan fingerprint density at radius 2 is 1.73 bits per heavy atom. The molecule has 0 saturated heterocycles. The van der Waals surface area contributed by atoms with Crippen LogP contribution in [0, 0.1) is 0 Å². The number of carbonyl (C=O) groups is 2. The van der Waals surface area contributed by atoms with Crippen molar-refractivity contribution < 1.29 is 14.3 Å². The molecule has 0 saturated carbocycles. The Labute approximate surface area is 122 Å². The van der Waals surface area contributed by atoms with Crippen molar-refractivity contribution in [3.05, 3.63) is 6.20 Å². The minimum atomic E-state index is -1.03. The molecule has 2 aromatic rings. The van der Waals surface area contributed by atoms with Crippen molar-refractivity contribution in [2.75, 3.05) is 17.1 Å². The van der Waals surface area contributed by atoms with Gasteiger partial charge in [-0.1, -0.05) is 0 Å². The van der Waals surface area contributed by atoms with Gasteiger partial charge in [-0.3, -0.25) is 0 Å². The van der Waals surface area contributed by atoms with E-state index in [2.05, 4.69) is 19.9 Å². The zero-order chi connectivity index (χ0) is 16.4. The third-order valence-electron chi connectivity index (χ3n) is 2.48. The zero-order valence-electron chi connectivity index (χ0n) is 11.3. The van der Waals surface area contributed by atoms with E-state index in [1.54, 1.807) is 0 Å². The van der Waals surface area contributed by atoms with Gasteiger partial charge in [0, 0.05) is 0 Å². The smallest absolute Gasteiger partial charge is 0.336 e. The Hall–Kier alpha value is -3.32. The minimum absolute atomic E-state index is 0.00537. The van der Waals surface area contributed by atoms with Crippen molar-refractivity contribution >= 4 is 35.0 Å². The normalized spacial score (nSPS) is 10.3. The van der Waals surface area contributed by atoms with E-state index in [4.69, 9.17) is 27.9 Å². The van der Waals surface area contributed by atoms with E-state index in [-0.39, 0.29) is 28.8 Å². The highest BCUT2D eigenvalue weighted by molar-refractivity contribution is 5.97. The van der Waals surface area contributed by atoms with Gasteiger partial charge >= 0.3 is 12.1 Å². The lowest BCUT2D eigenvalue weighted by atomic mass is 10.4. The number of carbonyl (C=O) groups excluding carboxylic acids is 2. The second kappa shape index (κ2) is 5.58. The lowest BCUT2D eigenvalue weighted by molar-refractivity contribution is 0.253. The van der Waals surface area contributed by atoms with Crippen LogP contribution in [0.2, 0.25) is 0 Å². The summed E-state index contributed by atoms with van der Waals surface area (Å²) in [7, 11) is 1.37. The average molecular weight is 308 g/mol. The lowest BCUT2D eigenvalue weighted by Crippen LogP contribution is -2.45. The summed E-state index contributed by atoms with van der Waals surface area (Å²) < 4.78 is 4.92. The molecular formula is C9H12N10O3. The number of hydrogen-bond acceptors (Lipinski definition) is 9. The molecule has 0 fully saturated rings. The van der Waals surface area contributed by atoms with Crippen molar-refractivity contribution in [3.8, 4) is 5.88 Å². The van der Waals surface area contributed by atoms with E-state index < -0.39 is 12.1 Å². The van der Waals surface area contributed by atoms with E-state index in [9.17, 15) is 9.59 Å². The quantitative estimate of drug-likeness (QED) is 0.279. The van der Waals surface area contributed by atoms with Gasteiger partial charge in [0.15, 0.2) is 17.0 Å². The standard InChI is InChI=1S/C9H12N10O3/c1-22-3-2-14-5-4(15-3)6(18(12)7(10)20)17-9(16-5)19(13)8(11)21/h2H,12-13H2,1H3,(H2,10,20)(H2,11,21). The Bertz CT molecular complexity index is 750. The van der Waals surface area contributed by atoms with Crippen LogP contribution in [-0.2, 0) is 0 Å². The lowest BCUT2D eigenvalue weighted by Gasteiger charge is -2.17. The topological polar surface area (TPSA) is 205 Å². The molecule has 4 amide bonds. The van der Waals surface area contributed by atoms with Crippen LogP contribution in [0.15, 0.2) is 6.20 Å². The van der Waals surface area contributed by atoms with Crippen molar-refractivity contribution in [1.29, 1.82) is 0 Å². The molecule has 0 radical (unpaired) electrons. The predicted octanol–water partition coefficient (Wildman–Crippen LogP) is -2.05. The molecule has 0 aromatic carbocycles. The second-order valence-corrected chi connectivity index (χ2v) is 3.85. The number of ether oxygens (including phenoxy) is 1. The molecule has 0 aliphatic heterocycles. The number of nitrogens with two attached hydrogens (primary N) is 4. The van der Waals surface area contributed by atoms with Gasteiger partial charge in [-0.25, -0.2) is 36.3 Å². The molecule has 13 heteroatoms. The van der Waals surface area contributed by atoms with Gasteiger partial charge in [-0.15, -0.1) is 0 Å². The van der Waals surface area contributed by atoms with Gasteiger partial charge in [0.1, 0.15) is 0 Å². The number of primary amides is 2. The summed E-state index contributed by atoms with van der Waals surface area (Å²) in [4.78, 5) is 38.1. The van der Waals surface area contributed by atoms with Gasteiger partial charge in [0.05, 0.1) is 13.3 Å². The second-order valence-electron chi connectivity index (χ2n) is 3.85. The van der Waals surface area contributed by atoms with Crippen LogP contribution in [0.1, 0.15) is 0 Å². The van der Waals surface area contributed by atoms with Gasteiger partial charge < -0.3 is 16.2 Å². The summed E-state index contributed by atoms with van der Waals surface area (Å²) in [5.41, 5.74) is 10.1. The first-order chi connectivity index (χ1) is 10.3. The first-order valence-electron chi connectivity index (χ1n) is 5.62. The number of hydrazine groups is 2. The van der Waals surface area contributed by atoms with Gasteiger partial charge in [0.2, 0.25) is 5.88 Å². The predicted molar refractivity (Wildman–Crippen MR) is 74.2 cm³/mol. The maximum Gasteiger partial charge on any atom is 0.336 e. The molecule has 22 heavy (non-hydrogen) atoms. The third-order valence-corrected chi connectivity index (χ3v) is 2.48. The van der Waals surface area contributed by atoms with Crippen LogP contribution in [0.4, 0.5) is 21.4 Å². The number of methoxy groups -OCH3 is 1. The fourth-order valence-corrected chi connectivity index (χ4v) is 1.44. The number of urea groups is 2. The maximum absolute atomic E-state index is 11.3. The van der Waals surface area contributed by atoms with E-state index in [1.807, 2.05) is 0 Å². The molecule has 0 atom stereocenters. The van der Waals surface area contributed by atoms with Crippen molar-refractivity contribution in [1.82, 2.24) is 19.9 Å². The molecule has 2 heterocycles. The molecule has 116 valence electrons. The molecule has 0 spiro atoms. The Kier molecular flexibility index (Phi) is 3.83. The number of rotatable bonds is 3. The van der Waals surface area contributed by atoms with Crippen LogP contribution in [0.3, 0.4) is 0 Å². The highest BCUT2D eigenvalue weighted by Gasteiger charge is 2.21. The maximum atomic E-state index is 11.3. The third kappa shape index (κ3) is 2.60. The molecule has 8 N–H and O–H groups in total. The minimum Gasteiger partial charge on any atom is -0.480 e. The number of anilines is 2. The van der Waals surface area contributed by atoms with E-state index in [0.29, 0.717) is 10.0 Å². The fraction of sp³-hybridized carbons (Fsp3) is 0.111. The van der Waals surface area contributed by atoms with Crippen LogP contribution in [0.25, 0.3) is 11.2 Å². The van der Waals surface area contributed by atoms with E-state index >= 15 is 0 Å². The SMILES string of the molecule is COc1cnc2nc(N(N)C(N)=O)nc(N(N)C(N)=O)c2n1. The van der Waals surface area contributed by atoms with E-state index in [0.717, 1.165) is 0 Å². The molecule has 13 nitrogen and oxygen atoms in total. The average Bonchev–Trinajstić information content (AvgIpc) is 2.51. The van der Waals surface area contributed by atoms with Crippen molar-refractivity contribution in [3.63, 3.8) is 0 Å². The first kappa shape index (κ1) is 15.1. The van der Waals surface area contributed by atoms with Gasteiger partial charge in [-0.2, -0.15) is 15.0 Å². The molecular weight excluding hydrogens is 296 g/mol. The number of nitrogens with zero attached hydrogens (tertiary/aromatic N) is 6. The van der Waals surface area contributed by atoms with Crippen molar-refractivity contribution in [2.24, 2.45) is 23.2 Å². The van der Waals surface area contributed by atoms with Crippen molar-refractivity contribution in [2.45, 2.75) is 0 Å². The highest BCUT2D eigenvalue weighted by atomic mass is 16.5. The van der Waals surface area contributed by atoms with Gasteiger partial charge in [-0.05, 0) is 0 Å². The van der Waals surface area contributed by atoms with Crippen LogP contribution in [-0.4, -0.2) is 39.1 Å². The molecule has 2 aromatic heterocycles. The summed E-state index contributed by atoms with van der Waals surface area (Å²) in [6.07, 6.45) is 1.26. The zero-order valence-corrected chi connectivity index (χ0v) is 11.3. The fourth-order valence-electron chi connectivity index (χ4n) is 1.44. The number of amides is 4. The summed E-state index contributed by atoms with van der Waals surface area (Å²) in [6, 6.07) is -2.06. The molecule has 0 unspecified atom stereocenters. The first-order valence-corrected chi connectivity index (χ1v) is 5.62. The monoisotopic (exact) mass is 308 g/mol. The van der Waals surface area contributed by atoms with Crippen LogP contribution >= 0.6 is 0 Å².